The molecule has 1 aliphatic carbocycles. The zero-order chi connectivity index (χ0) is 14.9. The maximum Gasteiger partial charge on any atom is 0.0681 e. The molecule has 0 saturated carbocycles. The van der Waals surface area contributed by atoms with Gasteiger partial charge in [-0.3, -0.25) is 4.90 Å². The van der Waals surface area contributed by atoms with Crippen molar-refractivity contribution in [2.45, 2.75) is 50.8 Å². The average molecular weight is 295 g/mol. The van der Waals surface area contributed by atoms with Gasteiger partial charge >= 0.3 is 0 Å². The molecule has 1 aromatic rings. The third-order valence-corrected chi connectivity index (χ3v) is 5.66. The van der Waals surface area contributed by atoms with E-state index in [2.05, 4.69) is 35.3 Å². The van der Waals surface area contributed by atoms with Crippen LogP contribution in [0.5, 0.6) is 0 Å². The molecule has 2 heterocycles. The van der Waals surface area contributed by atoms with E-state index >= 15 is 0 Å². The molecule has 1 N–H and O–H groups in total. The molecule has 22 heavy (non-hydrogen) atoms. The molecular formula is C20H25NO. The van der Waals surface area contributed by atoms with E-state index in [-0.39, 0.29) is 6.61 Å². The Morgan fingerprint density at radius 1 is 1.14 bits per heavy atom. The van der Waals surface area contributed by atoms with Crippen molar-refractivity contribution in [2.24, 2.45) is 5.92 Å². The van der Waals surface area contributed by atoms with Crippen LogP contribution in [-0.4, -0.2) is 28.6 Å². The van der Waals surface area contributed by atoms with Crippen molar-refractivity contribution in [3.63, 3.8) is 0 Å². The van der Waals surface area contributed by atoms with Crippen molar-refractivity contribution in [3.05, 3.63) is 53.1 Å². The fraction of sp³-hybridized carbons (Fsp3) is 0.500. The zero-order valence-corrected chi connectivity index (χ0v) is 13.1. The molecule has 2 aliphatic heterocycles. The number of allylic oxidation sites excluding steroid dienone is 2. The summed E-state index contributed by atoms with van der Waals surface area (Å²) in [5.74, 6) is 0.881. The van der Waals surface area contributed by atoms with E-state index in [9.17, 15) is 0 Å². The second-order valence-corrected chi connectivity index (χ2v) is 7.04. The number of aliphatic hydroxyl groups excluding tert-OH is 1. The molecule has 2 saturated heterocycles. The Hall–Kier alpha value is -1.38. The highest BCUT2D eigenvalue weighted by atomic mass is 16.3. The molecular weight excluding hydrogens is 270 g/mol. The van der Waals surface area contributed by atoms with Gasteiger partial charge in [-0.15, -0.1) is 0 Å². The van der Waals surface area contributed by atoms with Gasteiger partial charge in [0.1, 0.15) is 0 Å². The van der Waals surface area contributed by atoms with E-state index in [0.29, 0.717) is 6.04 Å². The molecule has 3 aliphatic rings. The molecule has 2 fully saturated rings. The van der Waals surface area contributed by atoms with Gasteiger partial charge in [-0.05, 0) is 49.3 Å². The van der Waals surface area contributed by atoms with Gasteiger partial charge in [0.15, 0.2) is 0 Å². The molecule has 0 aromatic heterocycles. The maximum atomic E-state index is 9.10. The van der Waals surface area contributed by atoms with Gasteiger partial charge in [-0.1, -0.05) is 54.5 Å². The quantitative estimate of drug-likeness (QED) is 0.917. The van der Waals surface area contributed by atoms with Crippen LogP contribution in [0.1, 0.15) is 43.2 Å². The van der Waals surface area contributed by atoms with Crippen LogP contribution >= 0.6 is 0 Å². The monoisotopic (exact) mass is 295 g/mol. The van der Waals surface area contributed by atoms with Crippen molar-refractivity contribution in [1.29, 1.82) is 0 Å². The lowest BCUT2D eigenvalue weighted by atomic mass is 9.84. The molecule has 0 radical (unpaired) electrons. The van der Waals surface area contributed by atoms with E-state index in [1.54, 1.807) is 0 Å². The molecule has 3 atom stereocenters. The minimum absolute atomic E-state index is 0.121. The first kappa shape index (κ1) is 14.2. The number of rotatable bonds is 3. The highest BCUT2D eigenvalue weighted by molar-refractivity contribution is 5.54. The van der Waals surface area contributed by atoms with Gasteiger partial charge in [-0.25, -0.2) is 0 Å². The van der Waals surface area contributed by atoms with Crippen molar-refractivity contribution in [2.75, 3.05) is 6.54 Å². The molecule has 4 rings (SSSR count). The average Bonchev–Trinajstić information content (AvgIpc) is 2.85. The summed E-state index contributed by atoms with van der Waals surface area (Å²) in [4.78, 5) is 2.77. The van der Waals surface area contributed by atoms with Crippen molar-refractivity contribution in [1.82, 2.24) is 4.90 Å². The smallest absolute Gasteiger partial charge is 0.0681 e. The highest BCUT2D eigenvalue weighted by Crippen LogP contribution is 2.43. The first-order valence-electron chi connectivity index (χ1n) is 8.68. The summed E-state index contributed by atoms with van der Waals surface area (Å²) >= 11 is 0. The molecule has 2 heteroatoms. The lowest BCUT2D eigenvalue weighted by molar-refractivity contribution is 0.155. The van der Waals surface area contributed by atoms with Gasteiger partial charge in [0.05, 0.1) is 6.61 Å². The maximum absolute atomic E-state index is 9.10. The Balaban J connectivity index is 1.48. The number of hydrogen-bond acceptors (Lipinski definition) is 2. The van der Waals surface area contributed by atoms with Crippen LogP contribution in [0.25, 0.3) is 6.08 Å². The van der Waals surface area contributed by atoms with E-state index in [1.807, 2.05) is 12.1 Å². The lowest BCUT2D eigenvalue weighted by Gasteiger charge is -2.33. The fourth-order valence-electron chi connectivity index (χ4n) is 4.56. The number of piperidine rings is 1. The highest BCUT2D eigenvalue weighted by Gasteiger charge is 2.43. The fourth-order valence-corrected chi connectivity index (χ4v) is 4.56. The minimum atomic E-state index is 0.121. The number of nitrogens with zero attached hydrogens (tertiary/aromatic N) is 1. The summed E-state index contributed by atoms with van der Waals surface area (Å²) in [5, 5.41) is 9.10. The standard InChI is InChI=1S/C20H25NO/c22-14-16-7-4-15(5-8-16)6-9-17-11-18-13-19(12-17)21-10-2-1-3-20(18)21/h4-9,12,18-20,22H,1-3,10-11,13-14H2. The van der Waals surface area contributed by atoms with Crippen molar-refractivity contribution in [3.8, 4) is 0 Å². The number of benzene rings is 1. The molecule has 2 nitrogen and oxygen atoms in total. The summed E-state index contributed by atoms with van der Waals surface area (Å²) in [6.07, 6.45) is 13.9. The Bertz CT molecular complexity index is 586. The van der Waals surface area contributed by atoms with Gasteiger partial charge in [0.25, 0.3) is 0 Å². The van der Waals surface area contributed by atoms with Gasteiger partial charge < -0.3 is 5.11 Å². The van der Waals surface area contributed by atoms with Crippen LogP contribution < -0.4 is 0 Å². The largest absolute Gasteiger partial charge is 0.392 e. The van der Waals surface area contributed by atoms with Gasteiger partial charge in [0.2, 0.25) is 0 Å². The van der Waals surface area contributed by atoms with Crippen molar-refractivity contribution < 1.29 is 5.11 Å². The van der Waals surface area contributed by atoms with Crippen LogP contribution in [-0.2, 0) is 6.61 Å². The van der Waals surface area contributed by atoms with Crippen LogP contribution in [0.2, 0.25) is 0 Å². The summed E-state index contributed by atoms with van der Waals surface area (Å²) in [6, 6.07) is 9.72. The Labute approximate surface area is 133 Å². The van der Waals surface area contributed by atoms with E-state index in [1.165, 1.54) is 49.8 Å². The van der Waals surface area contributed by atoms with Crippen LogP contribution in [0.15, 0.2) is 42.0 Å². The number of fused-ring (bicyclic) bond motifs is 5. The first-order chi connectivity index (χ1) is 10.8. The molecule has 0 amide bonds. The zero-order valence-electron chi connectivity index (χ0n) is 13.1. The first-order valence-corrected chi connectivity index (χ1v) is 8.68. The van der Waals surface area contributed by atoms with Gasteiger partial charge in [0, 0.05) is 12.1 Å². The number of aliphatic hydroxyl groups is 1. The third-order valence-electron chi connectivity index (χ3n) is 5.66. The third kappa shape index (κ3) is 2.66. The topological polar surface area (TPSA) is 23.5 Å². The van der Waals surface area contributed by atoms with E-state index in [0.717, 1.165) is 17.5 Å². The van der Waals surface area contributed by atoms with Gasteiger partial charge in [-0.2, -0.15) is 0 Å². The molecule has 3 unspecified atom stereocenters. The van der Waals surface area contributed by atoms with Crippen LogP contribution in [0.4, 0.5) is 0 Å². The normalized spacial score (nSPS) is 31.3. The second-order valence-electron chi connectivity index (χ2n) is 7.04. The molecule has 1 aromatic carbocycles. The summed E-state index contributed by atoms with van der Waals surface area (Å²) in [5.41, 5.74) is 3.71. The summed E-state index contributed by atoms with van der Waals surface area (Å²) in [6.45, 7) is 1.43. The summed E-state index contributed by atoms with van der Waals surface area (Å²) in [7, 11) is 0. The summed E-state index contributed by atoms with van der Waals surface area (Å²) < 4.78 is 0. The molecule has 2 bridgehead atoms. The molecule has 116 valence electrons. The lowest BCUT2D eigenvalue weighted by Crippen LogP contribution is -2.39. The van der Waals surface area contributed by atoms with Crippen molar-refractivity contribution >= 4 is 6.08 Å². The van der Waals surface area contributed by atoms with E-state index < -0.39 is 0 Å². The Kier molecular flexibility index (Phi) is 3.89. The SMILES string of the molecule is OCc1ccc(C=CC2=CC3CC(C2)C2CCCCN32)cc1. The predicted octanol–water partition coefficient (Wildman–Crippen LogP) is 3.77. The van der Waals surface area contributed by atoms with E-state index in [4.69, 9.17) is 5.11 Å². The number of hydrogen-bond donors (Lipinski definition) is 1. The Morgan fingerprint density at radius 2 is 2.00 bits per heavy atom. The van der Waals surface area contributed by atoms with Crippen LogP contribution in [0, 0.1) is 5.92 Å². The second kappa shape index (κ2) is 6.02. The minimum Gasteiger partial charge on any atom is -0.392 e. The van der Waals surface area contributed by atoms with Crippen LogP contribution in [0.3, 0.4) is 0 Å². The Morgan fingerprint density at radius 3 is 2.82 bits per heavy atom. The predicted molar refractivity (Wildman–Crippen MR) is 90.3 cm³/mol. The molecule has 0 spiro atoms.